The standard InChI is InChI=1S/C21H29N3O3S/c1-16-20(17-8-10-19(27-2)11-9-17)28(25,26)22-21(16)24-14-12-23(13-15-24)18-6-4-3-5-7-18/h8-11,18H,3-7,12-15H2,1-2H3. The van der Waals surface area contributed by atoms with E-state index in [4.69, 9.17) is 4.74 Å². The Hall–Kier alpha value is -1.86. The molecular formula is C21H29N3O3S. The lowest BCUT2D eigenvalue weighted by Crippen LogP contribution is -2.52. The van der Waals surface area contributed by atoms with Gasteiger partial charge in [0.2, 0.25) is 0 Å². The van der Waals surface area contributed by atoms with Crippen molar-refractivity contribution in [3.63, 3.8) is 0 Å². The minimum atomic E-state index is -3.67. The molecule has 0 spiro atoms. The van der Waals surface area contributed by atoms with Crippen LogP contribution in [0.3, 0.4) is 0 Å². The van der Waals surface area contributed by atoms with Crippen LogP contribution in [-0.4, -0.2) is 63.4 Å². The van der Waals surface area contributed by atoms with Crippen molar-refractivity contribution >= 4 is 20.8 Å². The van der Waals surface area contributed by atoms with Gasteiger partial charge in [-0.2, -0.15) is 8.42 Å². The number of hydrogen-bond donors (Lipinski definition) is 0. The van der Waals surface area contributed by atoms with Crippen molar-refractivity contribution in [1.82, 2.24) is 9.80 Å². The Kier molecular flexibility index (Phi) is 5.47. The lowest BCUT2D eigenvalue weighted by Gasteiger charge is -2.41. The van der Waals surface area contributed by atoms with Crippen molar-refractivity contribution in [2.24, 2.45) is 4.40 Å². The van der Waals surface area contributed by atoms with E-state index in [2.05, 4.69) is 14.2 Å². The Labute approximate surface area is 167 Å². The second-order valence-corrected chi connectivity index (χ2v) is 9.43. The van der Waals surface area contributed by atoms with Crippen LogP contribution in [0.15, 0.2) is 34.2 Å². The quantitative estimate of drug-likeness (QED) is 0.776. The minimum absolute atomic E-state index is 0.319. The molecule has 3 aliphatic rings. The Morgan fingerprint density at radius 2 is 1.64 bits per heavy atom. The number of nitrogens with zero attached hydrogens (tertiary/aromatic N) is 3. The van der Waals surface area contributed by atoms with Crippen LogP contribution >= 0.6 is 0 Å². The van der Waals surface area contributed by atoms with E-state index in [-0.39, 0.29) is 0 Å². The number of methoxy groups -OCH3 is 1. The Bertz CT molecular complexity index is 876. The molecule has 1 aromatic carbocycles. The summed E-state index contributed by atoms with van der Waals surface area (Å²) in [5.74, 6) is 1.33. The summed E-state index contributed by atoms with van der Waals surface area (Å²) in [6.45, 7) is 5.50. The zero-order valence-corrected chi connectivity index (χ0v) is 17.5. The van der Waals surface area contributed by atoms with Crippen LogP contribution in [0.25, 0.3) is 4.91 Å². The average Bonchev–Trinajstić information content (AvgIpc) is 2.97. The maximum atomic E-state index is 12.8. The molecule has 6 nitrogen and oxygen atoms in total. The van der Waals surface area contributed by atoms with Crippen LogP contribution in [0.4, 0.5) is 0 Å². The fraction of sp³-hybridized carbons (Fsp3) is 0.571. The second kappa shape index (κ2) is 7.87. The largest absolute Gasteiger partial charge is 0.497 e. The summed E-state index contributed by atoms with van der Waals surface area (Å²) in [6, 6.07) is 7.85. The fourth-order valence-electron chi connectivity index (χ4n) is 4.67. The summed E-state index contributed by atoms with van der Waals surface area (Å²) in [6.07, 6.45) is 6.64. The Morgan fingerprint density at radius 3 is 2.25 bits per heavy atom. The molecule has 0 aromatic heterocycles. The molecule has 152 valence electrons. The highest BCUT2D eigenvalue weighted by Gasteiger charge is 2.35. The predicted molar refractivity (Wildman–Crippen MR) is 112 cm³/mol. The lowest BCUT2D eigenvalue weighted by molar-refractivity contribution is 0.107. The minimum Gasteiger partial charge on any atom is -0.497 e. The van der Waals surface area contributed by atoms with Gasteiger partial charge in [-0.15, -0.1) is 4.40 Å². The normalized spacial score (nSPS) is 23.8. The Balaban J connectivity index is 1.51. The van der Waals surface area contributed by atoms with Crippen LogP contribution < -0.4 is 4.74 Å². The smallest absolute Gasteiger partial charge is 0.285 e. The van der Waals surface area contributed by atoms with E-state index < -0.39 is 10.0 Å². The van der Waals surface area contributed by atoms with Gasteiger partial charge in [0, 0.05) is 37.8 Å². The summed E-state index contributed by atoms with van der Waals surface area (Å²) in [5, 5.41) is 0. The molecule has 2 heterocycles. The van der Waals surface area contributed by atoms with Crippen LogP contribution in [0.1, 0.15) is 44.6 Å². The van der Waals surface area contributed by atoms with E-state index >= 15 is 0 Å². The van der Waals surface area contributed by atoms with E-state index in [0.29, 0.717) is 28.1 Å². The van der Waals surface area contributed by atoms with Gasteiger partial charge in [0.05, 0.1) is 7.11 Å². The van der Waals surface area contributed by atoms with Crippen LogP contribution in [0, 0.1) is 0 Å². The first-order chi connectivity index (χ1) is 13.5. The summed E-state index contributed by atoms with van der Waals surface area (Å²) >= 11 is 0. The molecule has 0 bridgehead atoms. The van der Waals surface area contributed by atoms with Gasteiger partial charge in [0.1, 0.15) is 16.5 Å². The van der Waals surface area contributed by atoms with Crippen molar-refractivity contribution in [3.8, 4) is 5.75 Å². The van der Waals surface area contributed by atoms with Gasteiger partial charge in [-0.3, -0.25) is 4.90 Å². The lowest BCUT2D eigenvalue weighted by atomic mass is 9.94. The van der Waals surface area contributed by atoms with Gasteiger partial charge in [-0.1, -0.05) is 19.3 Å². The molecule has 2 aliphatic heterocycles. The van der Waals surface area contributed by atoms with Crippen LogP contribution in [-0.2, 0) is 10.0 Å². The second-order valence-electron chi connectivity index (χ2n) is 7.89. The molecular weight excluding hydrogens is 374 g/mol. The zero-order valence-electron chi connectivity index (χ0n) is 16.7. The number of sulfonamides is 1. The molecule has 28 heavy (non-hydrogen) atoms. The molecule has 7 heteroatoms. The topological polar surface area (TPSA) is 62.2 Å². The molecule has 0 amide bonds. The summed E-state index contributed by atoms with van der Waals surface area (Å²) in [5.41, 5.74) is 1.41. The summed E-state index contributed by atoms with van der Waals surface area (Å²) < 4.78 is 34.9. The van der Waals surface area contributed by atoms with Crippen molar-refractivity contribution in [2.75, 3.05) is 33.3 Å². The molecule has 1 saturated carbocycles. The number of hydrogen-bond acceptors (Lipinski definition) is 5. The third-order valence-corrected chi connectivity index (χ3v) is 7.67. The number of benzene rings is 1. The zero-order chi connectivity index (χ0) is 19.7. The van der Waals surface area contributed by atoms with Crippen molar-refractivity contribution in [3.05, 3.63) is 35.4 Å². The van der Waals surface area contributed by atoms with Crippen LogP contribution in [0.5, 0.6) is 5.75 Å². The molecule has 1 aliphatic carbocycles. The molecule has 0 N–H and O–H groups in total. The van der Waals surface area contributed by atoms with Gasteiger partial charge in [0.25, 0.3) is 10.0 Å². The highest BCUT2D eigenvalue weighted by Crippen LogP contribution is 2.34. The van der Waals surface area contributed by atoms with Gasteiger partial charge in [0.15, 0.2) is 0 Å². The van der Waals surface area contributed by atoms with Crippen LogP contribution in [0.2, 0.25) is 0 Å². The molecule has 0 unspecified atom stereocenters. The Morgan fingerprint density at radius 1 is 1.00 bits per heavy atom. The maximum Gasteiger partial charge on any atom is 0.285 e. The van der Waals surface area contributed by atoms with Crippen molar-refractivity contribution in [2.45, 2.75) is 45.1 Å². The molecule has 4 rings (SSSR count). The first kappa shape index (κ1) is 19.5. The highest BCUT2D eigenvalue weighted by atomic mass is 32.2. The van der Waals surface area contributed by atoms with E-state index in [0.717, 1.165) is 31.8 Å². The maximum absolute atomic E-state index is 12.8. The fourth-order valence-corrected chi connectivity index (χ4v) is 6.15. The molecule has 0 radical (unpaired) electrons. The number of rotatable bonds is 3. The van der Waals surface area contributed by atoms with E-state index in [9.17, 15) is 8.42 Å². The number of amidine groups is 1. The summed E-state index contributed by atoms with van der Waals surface area (Å²) in [7, 11) is -2.07. The van der Waals surface area contributed by atoms with Crippen molar-refractivity contribution < 1.29 is 13.2 Å². The van der Waals surface area contributed by atoms with Gasteiger partial charge < -0.3 is 9.64 Å². The molecule has 1 saturated heterocycles. The number of ether oxygens (including phenoxy) is 1. The molecule has 2 fully saturated rings. The van der Waals surface area contributed by atoms with E-state index in [1.165, 1.54) is 32.1 Å². The van der Waals surface area contributed by atoms with Gasteiger partial charge >= 0.3 is 0 Å². The summed E-state index contributed by atoms with van der Waals surface area (Å²) in [4.78, 5) is 5.05. The monoisotopic (exact) mass is 403 g/mol. The third-order valence-electron chi connectivity index (χ3n) is 6.20. The SMILES string of the molecule is COc1ccc(C2=C(C)C(N3CCN(C4CCCCC4)CC3)=NS2(=O)=O)cc1. The van der Waals surface area contributed by atoms with E-state index in [1.807, 2.05) is 6.92 Å². The first-order valence-corrected chi connectivity index (χ1v) is 11.6. The van der Waals surface area contributed by atoms with Crippen molar-refractivity contribution in [1.29, 1.82) is 0 Å². The van der Waals surface area contributed by atoms with E-state index in [1.54, 1.807) is 31.4 Å². The highest BCUT2D eigenvalue weighted by molar-refractivity contribution is 8.00. The third kappa shape index (κ3) is 3.70. The molecule has 1 aromatic rings. The van der Waals surface area contributed by atoms with Gasteiger partial charge in [-0.05, 0) is 49.6 Å². The van der Waals surface area contributed by atoms with Gasteiger partial charge in [-0.25, -0.2) is 0 Å². The average molecular weight is 404 g/mol. The predicted octanol–water partition coefficient (Wildman–Crippen LogP) is 3.12. The first-order valence-electron chi connectivity index (χ1n) is 10.2. The number of piperazine rings is 1. The molecule has 0 atom stereocenters.